The highest BCUT2D eigenvalue weighted by Gasteiger charge is 2.11. The van der Waals surface area contributed by atoms with Gasteiger partial charge in [-0.3, -0.25) is 4.79 Å². The number of hydrogen-bond acceptors (Lipinski definition) is 6. The molecule has 0 heterocycles. The van der Waals surface area contributed by atoms with E-state index in [9.17, 15) is 4.79 Å². The standard InChI is InChI=1S/C23H52N6O/c1-2-3-4-5-7-15-26-16-8-6-13-22(25)23(30)29-21-12-20-28-18-10-9-17-27-19-11-14-24/h22,26-28H,2-21,24-25H2,1H3,(H,29,30)/t22-/m0/s1. The molecule has 180 valence electrons. The molecule has 0 bridgehead atoms. The van der Waals surface area contributed by atoms with E-state index in [0.717, 1.165) is 77.9 Å². The van der Waals surface area contributed by atoms with E-state index < -0.39 is 0 Å². The molecule has 0 aliphatic rings. The first-order valence-electron chi connectivity index (χ1n) is 12.6. The number of amides is 1. The van der Waals surface area contributed by atoms with Gasteiger partial charge < -0.3 is 32.7 Å². The Morgan fingerprint density at radius 1 is 0.667 bits per heavy atom. The van der Waals surface area contributed by atoms with Gasteiger partial charge in [0.1, 0.15) is 0 Å². The van der Waals surface area contributed by atoms with Gasteiger partial charge in [0.2, 0.25) is 5.91 Å². The van der Waals surface area contributed by atoms with Crippen LogP contribution in [0.3, 0.4) is 0 Å². The molecule has 0 saturated carbocycles. The van der Waals surface area contributed by atoms with E-state index >= 15 is 0 Å². The summed E-state index contributed by atoms with van der Waals surface area (Å²) in [4.78, 5) is 12.0. The first-order chi connectivity index (χ1) is 14.7. The summed E-state index contributed by atoms with van der Waals surface area (Å²) in [7, 11) is 0. The van der Waals surface area contributed by atoms with Crippen molar-refractivity contribution in [3.8, 4) is 0 Å². The third-order valence-electron chi connectivity index (χ3n) is 5.26. The molecule has 0 saturated heterocycles. The molecule has 0 rings (SSSR count). The van der Waals surface area contributed by atoms with E-state index in [1.165, 1.54) is 44.9 Å². The molecule has 0 aromatic carbocycles. The van der Waals surface area contributed by atoms with Gasteiger partial charge in [0, 0.05) is 6.54 Å². The maximum Gasteiger partial charge on any atom is 0.236 e. The molecule has 1 atom stereocenters. The lowest BCUT2D eigenvalue weighted by Gasteiger charge is -2.12. The lowest BCUT2D eigenvalue weighted by atomic mass is 10.1. The van der Waals surface area contributed by atoms with Gasteiger partial charge in [0.05, 0.1) is 6.04 Å². The number of unbranched alkanes of at least 4 members (excludes halogenated alkanes) is 6. The number of nitrogens with two attached hydrogens (primary N) is 2. The van der Waals surface area contributed by atoms with Crippen LogP contribution in [0, 0.1) is 0 Å². The molecule has 0 aromatic heterocycles. The van der Waals surface area contributed by atoms with Crippen LogP contribution >= 0.6 is 0 Å². The minimum atomic E-state index is -0.376. The van der Waals surface area contributed by atoms with Crippen LogP contribution in [0.25, 0.3) is 0 Å². The third kappa shape index (κ3) is 22.0. The van der Waals surface area contributed by atoms with E-state index in [4.69, 9.17) is 11.5 Å². The predicted molar refractivity (Wildman–Crippen MR) is 130 cm³/mol. The third-order valence-corrected chi connectivity index (χ3v) is 5.26. The minimum Gasteiger partial charge on any atom is -0.355 e. The fraction of sp³-hybridized carbons (Fsp3) is 0.957. The van der Waals surface area contributed by atoms with Crippen molar-refractivity contribution in [2.75, 3.05) is 52.4 Å². The van der Waals surface area contributed by atoms with Gasteiger partial charge in [-0.2, -0.15) is 0 Å². The normalized spacial score (nSPS) is 12.2. The Bertz CT molecular complexity index is 357. The summed E-state index contributed by atoms with van der Waals surface area (Å²) >= 11 is 0. The van der Waals surface area contributed by atoms with Crippen molar-refractivity contribution >= 4 is 5.91 Å². The first-order valence-corrected chi connectivity index (χ1v) is 12.6. The summed E-state index contributed by atoms with van der Waals surface area (Å²) in [5.74, 6) is -0.0116. The second kappa shape index (κ2) is 24.5. The zero-order valence-corrected chi connectivity index (χ0v) is 19.8. The molecule has 7 nitrogen and oxygen atoms in total. The second-order valence-corrected chi connectivity index (χ2v) is 8.26. The minimum absolute atomic E-state index is 0.0116. The molecule has 0 radical (unpaired) electrons. The Balaban J connectivity index is 3.30. The maximum absolute atomic E-state index is 12.0. The van der Waals surface area contributed by atoms with E-state index in [1.807, 2.05) is 0 Å². The van der Waals surface area contributed by atoms with Gasteiger partial charge in [-0.15, -0.1) is 0 Å². The largest absolute Gasteiger partial charge is 0.355 e. The molecule has 0 aromatic rings. The van der Waals surface area contributed by atoms with Crippen LogP contribution in [0.5, 0.6) is 0 Å². The fourth-order valence-electron chi connectivity index (χ4n) is 3.26. The molecule has 7 heteroatoms. The molecule has 1 amide bonds. The zero-order valence-electron chi connectivity index (χ0n) is 19.8. The molecule has 0 spiro atoms. The highest BCUT2D eigenvalue weighted by molar-refractivity contribution is 5.81. The maximum atomic E-state index is 12.0. The van der Waals surface area contributed by atoms with Crippen molar-refractivity contribution in [1.29, 1.82) is 0 Å². The Morgan fingerprint density at radius 3 is 1.77 bits per heavy atom. The number of carbonyl (C=O) groups is 1. The van der Waals surface area contributed by atoms with Crippen molar-refractivity contribution in [3.63, 3.8) is 0 Å². The molecule has 0 fully saturated rings. The average molecular weight is 429 g/mol. The Hall–Kier alpha value is -0.730. The number of carbonyl (C=O) groups excluding carboxylic acids is 1. The lowest BCUT2D eigenvalue weighted by molar-refractivity contribution is -0.122. The monoisotopic (exact) mass is 428 g/mol. The molecule has 0 aliphatic heterocycles. The first kappa shape index (κ1) is 29.3. The van der Waals surface area contributed by atoms with Crippen molar-refractivity contribution in [1.82, 2.24) is 21.3 Å². The molecule has 0 aliphatic carbocycles. The van der Waals surface area contributed by atoms with Gasteiger partial charge in [0.15, 0.2) is 0 Å². The summed E-state index contributed by atoms with van der Waals surface area (Å²) in [6.07, 6.45) is 13.8. The number of hydrogen-bond donors (Lipinski definition) is 6. The second-order valence-electron chi connectivity index (χ2n) is 8.26. The summed E-state index contributed by atoms with van der Waals surface area (Å²) in [5.41, 5.74) is 11.5. The topological polar surface area (TPSA) is 117 Å². The van der Waals surface area contributed by atoms with Crippen LogP contribution in [-0.4, -0.2) is 64.3 Å². The molecule has 0 unspecified atom stereocenters. The average Bonchev–Trinajstić information content (AvgIpc) is 2.75. The Labute approximate surface area is 186 Å². The quantitative estimate of drug-likeness (QED) is 0.131. The van der Waals surface area contributed by atoms with Gasteiger partial charge in [0.25, 0.3) is 0 Å². The summed E-state index contributed by atoms with van der Waals surface area (Å²) in [5, 5.41) is 13.3. The number of rotatable bonds is 24. The summed E-state index contributed by atoms with van der Waals surface area (Å²) < 4.78 is 0. The lowest BCUT2D eigenvalue weighted by Crippen LogP contribution is -2.41. The Morgan fingerprint density at radius 2 is 1.17 bits per heavy atom. The van der Waals surface area contributed by atoms with Crippen LogP contribution in [-0.2, 0) is 4.79 Å². The van der Waals surface area contributed by atoms with Crippen LogP contribution < -0.4 is 32.7 Å². The van der Waals surface area contributed by atoms with Crippen LogP contribution in [0.1, 0.15) is 84.0 Å². The smallest absolute Gasteiger partial charge is 0.236 e. The van der Waals surface area contributed by atoms with E-state index in [-0.39, 0.29) is 11.9 Å². The Kier molecular flexibility index (Phi) is 23.9. The van der Waals surface area contributed by atoms with E-state index in [0.29, 0.717) is 6.54 Å². The summed E-state index contributed by atoms with van der Waals surface area (Å²) in [6.45, 7) is 9.86. The van der Waals surface area contributed by atoms with Gasteiger partial charge in [-0.05, 0) is 90.8 Å². The fourth-order valence-corrected chi connectivity index (χ4v) is 3.26. The predicted octanol–water partition coefficient (Wildman–Crippen LogP) is 1.86. The molecular formula is C23H52N6O. The highest BCUT2D eigenvalue weighted by atomic mass is 16.2. The van der Waals surface area contributed by atoms with Crippen LogP contribution in [0.2, 0.25) is 0 Å². The summed E-state index contributed by atoms with van der Waals surface area (Å²) in [6, 6.07) is -0.376. The van der Waals surface area contributed by atoms with Gasteiger partial charge >= 0.3 is 0 Å². The molecule has 30 heavy (non-hydrogen) atoms. The molecular weight excluding hydrogens is 376 g/mol. The van der Waals surface area contributed by atoms with Crippen molar-refractivity contribution in [2.24, 2.45) is 11.5 Å². The van der Waals surface area contributed by atoms with E-state index in [1.54, 1.807) is 0 Å². The van der Waals surface area contributed by atoms with E-state index in [2.05, 4.69) is 28.2 Å². The van der Waals surface area contributed by atoms with Gasteiger partial charge in [-0.1, -0.05) is 39.0 Å². The van der Waals surface area contributed by atoms with Crippen LogP contribution in [0.15, 0.2) is 0 Å². The van der Waals surface area contributed by atoms with Crippen molar-refractivity contribution in [2.45, 2.75) is 90.0 Å². The van der Waals surface area contributed by atoms with Crippen molar-refractivity contribution in [3.05, 3.63) is 0 Å². The van der Waals surface area contributed by atoms with Gasteiger partial charge in [-0.25, -0.2) is 0 Å². The highest BCUT2D eigenvalue weighted by Crippen LogP contribution is 2.02. The molecule has 8 N–H and O–H groups in total. The zero-order chi connectivity index (χ0) is 22.1. The SMILES string of the molecule is CCCCCCCNCCCC[C@H](N)C(=O)NCCCNCCCCNCCCN. The van der Waals surface area contributed by atoms with Crippen molar-refractivity contribution < 1.29 is 4.79 Å². The number of nitrogens with one attached hydrogen (secondary N) is 4. The van der Waals surface area contributed by atoms with Crippen LogP contribution in [0.4, 0.5) is 0 Å².